The normalized spacial score (nSPS) is 15.6. The molecule has 30 heavy (non-hydrogen) atoms. The van der Waals surface area contributed by atoms with Gasteiger partial charge in [0, 0.05) is 10.2 Å². The number of hydrogen-bond acceptors (Lipinski definition) is 4. The van der Waals surface area contributed by atoms with Crippen LogP contribution in [0.25, 0.3) is 11.0 Å². The van der Waals surface area contributed by atoms with Crippen LogP contribution in [0.3, 0.4) is 0 Å². The van der Waals surface area contributed by atoms with Crippen molar-refractivity contribution in [3.8, 4) is 0 Å². The van der Waals surface area contributed by atoms with Gasteiger partial charge in [0.2, 0.25) is 5.76 Å². The van der Waals surface area contributed by atoms with Crippen molar-refractivity contribution in [1.82, 2.24) is 4.98 Å². The smallest absolute Gasteiger partial charge is 0.296 e. The number of aryl methyl sites for hydroxylation is 2. The standard InChI is InChI=1S/C24H17BrN2O3/c1-13-9-10-18-17(11-13)22(28)20-21(15-6-4-7-16(25)12-15)27(24(29)23(20)30-18)19-8-3-5-14(2)26-19/h3-12,21H,1-2H3. The molecule has 1 aliphatic rings. The molecule has 148 valence electrons. The number of pyridine rings is 1. The summed E-state index contributed by atoms with van der Waals surface area (Å²) in [6.45, 7) is 3.79. The van der Waals surface area contributed by atoms with Crippen molar-refractivity contribution in [3.05, 3.63) is 104 Å². The second-order valence-corrected chi connectivity index (χ2v) is 8.36. The lowest BCUT2D eigenvalue weighted by molar-refractivity contribution is 0.0970. The van der Waals surface area contributed by atoms with E-state index in [1.807, 2.05) is 56.3 Å². The first-order valence-corrected chi connectivity index (χ1v) is 10.3. The minimum Gasteiger partial charge on any atom is -0.450 e. The molecule has 0 saturated heterocycles. The Hall–Kier alpha value is -3.25. The van der Waals surface area contributed by atoms with E-state index in [1.165, 1.54) is 0 Å². The molecule has 3 heterocycles. The average Bonchev–Trinajstić information content (AvgIpc) is 3.01. The van der Waals surface area contributed by atoms with Crippen LogP contribution in [0.1, 0.15) is 39.0 Å². The Balaban J connectivity index is 1.84. The van der Waals surface area contributed by atoms with Crippen LogP contribution in [0.15, 0.2) is 74.3 Å². The van der Waals surface area contributed by atoms with Gasteiger partial charge in [-0.2, -0.15) is 0 Å². The van der Waals surface area contributed by atoms with Crippen LogP contribution in [0.2, 0.25) is 0 Å². The maximum Gasteiger partial charge on any atom is 0.296 e. The number of halogens is 1. The lowest BCUT2D eigenvalue weighted by Gasteiger charge is -2.24. The van der Waals surface area contributed by atoms with Crippen molar-refractivity contribution in [2.45, 2.75) is 19.9 Å². The summed E-state index contributed by atoms with van der Waals surface area (Å²) in [6, 6.07) is 17.9. The highest BCUT2D eigenvalue weighted by Crippen LogP contribution is 2.41. The fourth-order valence-corrected chi connectivity index (χ4v) is 4.39. The molecule has 2 aromatic carbocycles. The van der Waals surface area contributed by atoms with E-state index in [4.69, 9.17) is 4.42 Å². The number of amides is 1. The van der Waals surface area contributed by atoms with E-state index in [0.717, 1.165) is 21.3 Å². The summed E-state index contributed by atoms with van der Waals surface area (Å²) in [5.41, 5.74) is 3.10. The molecule has 0 bridgehead atoms. The van der Waals surface area contributed by atoms with Crippen LogP contribution in [0.5, 0.6) is 0 Å². The molecule has 4 aromatic rings. The van der Waals surface area contributed by atoms with Crippen molar-refractivity contribution in [2.24, 2.45) is 0 Å². The Kier molecular flexibility index (Phi) is 4.33. The molecular weight excluding hydrogens is 444 g/mol. The van der Waals surface area contributed by atoms with Crippen LogP contribution in [-0.4, -0.2) is 10.9 Å². The topological polar surface area (TPSA) is 63.4 Å². The lowest BCUT2D eigenvalue weighted by Crippen LogP contribution is -2.30. The number of fused-ring (bicyclic) bond motifs is 2. The second kappa shape index (κ2) is 6.92. The minimum absolute atomic E-state index is 0.0737. The molecule has 1 atom stereocenters. The van der Waals surface area contributed by atoms with Gasteiger partial charge in [-0.25, -0.2) is 4.98 Å². The number of rotatable bonds is 2. The zero-order valence-electron chi connectivity index (χ0n) is 16.3. The summed E-state index contributed by atoms with van der Waals surface area (Å²) in [5, 5.41) is 0.473. The zero-order valence-corrected chi connectivity index (χ0v) is 17.9. The Morgan fingerprint density at radius 3 is 2.57 bits per heavy atom. The van der Waals surface area contributed by atoms with Crippen molar-refractivity contribution in [1.29, 1.82) is 0 Å². The maximum atomic E-state index is 13.6. The van der Waals surface area contributed by atoms with E-state index in [2.05, 4.69) is 20.9 Å². The van der Waals surface area contributed by atoms with Gasteiger partial charge in [-0.3, -0.25) is 14.5 Å². The van der Waals surface area contributed by atoms with Crippen LogP contribution in [-0.2, 0) is 0 Å². The predicted octanol–water partition coefficient (Wildman–Crippen LogP) is 5.32. The average molecular weight is 461 g/mol. The Bertz CT molecular complexity index is 1390. The first-order valence-electron chi connectivity index (χ1n) is 9.54. The molecule has 0 fully saturated rings. The van der Waals surface area contributed by atoms with E-state index in [9.17, 15) is 9.59 Å². The highest BCUT2D eigenvalue weighted by Gasteiger charge is 2.44. The number of nitrogens with zero attached hydrogens (tertiary/aromatic N) is 2. The molecule has 0 N–H and O–H groups in total. The molecule has 5 rings (SSSR count). The van der Waals surface area contributed by atoms with Crippen LogP contribution >= 0.6 is 15.9 Å². The number of aromatic nitrogens is 1. The predicted molar refractivity (Wildman–Crippen MR) is 119 cm³/mol. The molecule has 0 saturated carbocycles. The van der Waals surface area contributed by atoms with Crippen molar-refractivity contribution in [3.63, 3.8) is 0 Å². The Morgan fingerprint density at radius 1 is 1.00 bits per heavy atom. The monoisotopic (exact) mass is 460 g/mol. The molecule has 2 aromatic heterocycles. The fraction of sp³-hybridized carbons (Fsp3) is 0.125. The van der Waals surface area contributed by atoms with E-state index in [0.29, 0.717) is 22.4 Å². The number of carbonyl (C=O) groups excluding carboxylic acids is 1. The van der Waals surface area contributed by atoms with Crippen LogP contribution in [0.4, 0.5) is 5.82 Å². The molecule has 1 aliphatic heterocycles. The largest absolute Gasteiger partial charge is 0.450 e. The van der Waals surface area contributed by atoms with E-state index in [-0.39, 0.29) is 17.1 Å². The Morgan fingerprint density at radius 2 is 1.80 bits per heavy atom. The molecule has 6 heteroatoms. The van der Waals surface area contributed by atoms with Crippen molar-refractivity contribution >= 4 is 38.6 Å². The van der Waals surface area contributed by atoms with Crippen molar-refractivity contribution < 1.29 is 9.21 Å². The molecule has 5 nitrogen and oxygen atoms in total. The van der Waals surface area contributed by atoms with Gasteiger partial charge in [0.1, 0.15) is 11.4 Å². The summed E-state index contributed by atoms with van der Waals surface area (Å²) in [6.07, 6.45) is 0. The van der Waals surface area contributed by atoms with Gasteiger partial charge in [0.15, 0.2) is 5.43 Å². The van der Waals surface area contributed by atoms with E-state index < -0.39 is 6.04 Å². The number of carbonyl (C=O) groups is 1. The van der Waals surface area contributed by atoms with E-state index in [1.54, 1.807) is 23.1 Å². The third-order valence-electron chi connectivity index (χ3n) is 5.31. The van der Waals surface area contributed by atoms with Gasteiger partial charge in [-0.05, 0) is 55.8 Å². The number of benzene rings is 2. The van der Waals surface area contributed by atoms with Gasteiger partial charge in [0.05, 0.1) is 17.0 Å². The minimum atomic E-state index is -0.625. The summed E-state index contributed by atoms with van der Waals surface area (Å²) < 4.78 is 6.85. The maximum absolute atomic E-state index is 13.6. The SMILES string of the molecule is Cc1ccc2oc3c(c(=O)c2c1)C(c1cccc(Br)c1)N(c1cccc(C)n1)C3=O. The van der Waals surface area contributed by atoms with Crippen molar-refractivity contribution in [2.75, 3.05) is 4.90 Å². The molecule has 1 amide bonds. The first-order chi connectivity index (χ1) is 14.4. The van der Waals surface area contributed by atoms with Crippen LogP contribution < -0.4 is 10.3 Å². The third-order valence-corrected chi connectivity index (χ3v) is 5.80. The van der Waals surface area contributed by atoms with E-state index >= 15 is 0 Å². The highest BCUT2D eigenvalue weighted by molar-refractivity contribution is 9.10. The zero-order chi connectivity index (χ0) is 21.0. The number of hydrogen-bond donors (Lipinski definition) is 0. The van der Waals surface area contributed by atoms with Crippen LogP contribution in [0, 0.1) is 13.8 Å². The molecule has 0 radical (unpaired) electrons. The fourth-order valence-electron chi connectivity index (χ4n) is 3.98. The summed E-state index contributed by atoms with van der Waals surface area (Å²) in [4.78, 5) is 33.1. The molecular formula is C24H17BrN2O3. The number of anilines is 1. The molecule has 1 unspecified atom stereocenters. The lowest BCUT2D eigenvalue weighted by atomic mass is 9.98. The quantitative estimate of drug-likeness (QED) is 0.406. The Labute approximate surface area is 181 Å². The summed E-state index contributed by atoms with van der Waals surface area (Å²) in [7, 11) is 0. The second-order valence-electron chi connectivity index (χ2n) is 7.44. The van der Waals surface area contributed by atoms with Gasteiger partial charge in [-0.15, -0.1) is 0 Å². The van der Waals surface area contributed by atoms with Gasteiger partial charge in [-0.1, -0.05) is 45.8 Å². The first kappa shape index (κ1) is 18.8. The molecule has 0 aliphatic carbocycles. The molecule has 0 spiro atoms. The van der Waals surface area contributed by atoms with Gasteiger partial charge in [0.25, 0.3) is 5.91 Å². The summed E-state index contributed by atoms with van der Waals surface area (Å²) >= 11 is 3.50. The third kappa shape index (κ3) is 2.87. The summed E-state index contributed by atoms with van der Waals surface area (Å²) in [5.74, 6) is 0.188. The highest BCUT2D eigenvalue weighted by atomic mass is 79.9. The van der Waals surface area contributed by atoms with Gasteiger partial charge < -0.3 is 4.42 Å². The van der Waals surface area contributed by atoms with Gasteiger partial charge >= 0.3 is 0 Å².